The molecule has 1 atom stereocenters. The molecule has 0 N–H and O–H groups in total. The fourth-order valence-corrected chi connectivity index (χ4v) is 1.43. The molecular weight excluding hydrogens is 205 g/mol. The molecule has 0 bridgehead atoms. The van der Waals surface area contributed by atoms with Crippen LogP contribution in [0.5, 0.6) is 0 Å². The molecule has 1 heterocycles. The van der Waals surface area contributed by atoms with Gasteiger partial charge in [0.15, 0.2) is 0 Å². The van der Waals surface area contributed by atoms with Crippen LogP contribution >= 0.6 is 0 Å². The van der Waals surface area contributed by atoms with Crippen molar-refractivity contribution in [3.05, 3.63) is 59.7 Å². The molecule has 3 nitrogen and oxygen atoms in total. The van der Waals surface area contributed by atoms with E-state index in [1.54, 1.807) is 30.5 Å². The summed E-state index contributed by atoms with van der Waals surface area (Å²) >= 11 is 0. The lowest BCUT2D eigenvalue weighted by molar-refractivity contribution is 0.627. The lowest BCUT2D eigenvalue weighted by Crippen LogP contribution is -2.01. The lowest BCUT2D eigenvalue weighted by atomic mass is 9.97. The van der Waals surface area contributed by atoms with Gasteiger partial charge in [-0.1, -0.05) is 12.1 Å². The fourth-order valence-electron chi connectivity index (χ4n) is 1.43. The summed E-state index contributed by atoms with van der Waals surface area (Å²) in [6.45, 7) is 0. The van der Waals surface area contributed by atoms with Gasteiger partial charge in [-0.25, -0.2) is 4.39 Å². The van der Waals surface area contributed by atoms with Gasteiger partial charge in [0.05, 0.1) is 11.8 Å². The summed E-state index contributed by atoms with van der Waals surface area (Å²) in [7, 11) is 0. The normalized spacial score (nSPS) is 11.8. The summed E-state index contributed by atoms with van der Waals surface area (Å²) < 4.78 is 12.7. The summed E-state index contributed by atoms with van der Waals surface area (Å²) in [5.41, 5.74) is 1.28. The van der Waals surface area contributed by atoms with Gasteiger partial charge in [0.25, 0.3) is 0 Å². The monoisotopic (exact) mass is 213 g/mol. The van der Waals surface area contributed by atoms with Crippen LogP contribution in [0.2, 0.25) is 0 Å². The van der Waals surface area contributed by atoms with E-state index in [-0.39, 0.29) is 5.82 Å². The van der Waals surface area contributed by atoms with Gasteiger partial charge in [0.1, 0.15) is 11.7 Å². The van der Waals surface area contributed by atoms with Crippen molar-refractivity contribution in [1.82, 2.24) is 10.2 Å². The Morgan fingerprint density at radius 1 is 1.19 bits per heavy atom. The first-order chi connectivity index (χ1) is 7.81. The van der Waals surface area contributed by atoms with Crippen LogP contribution in [-0.4, -0.2) is 10.2 Å². The van der Waals surface area contributed by atoms with Gasteiger partial charge < -0.3 is 0 Å². The highest BCUT2D eigenvalue weighted by molar-refractivity contribution is 5.33. The zero-order chi connectivity index (χ0) is 11.4. The van der Waals surface area contributed by atoms with Gasteiger partial charge in [0, 0.05) is 6.20 Å². The van der Waals surface area contributed by atoms with Crippen LogP contribution in [0.25, 0.3) is 0 Å². The molecule has 78 valence electrons. The van der Waals surface area contributed by atoms with E-state index in [0.29, 0.717) is 11.3 Å². The van der Waals surface area contributed by atoms with Crippen LogP contribution in [0.1, 0.15) is 17.2 Å². The van der Waals surface area contributed by atoms with Crippen molar-refractivity contribution in [1.29, 1.82) is 5.26 Å². The SMILES string of the molecule is N#CC(c1ccc(F)cc1)c1cccnn1. The topological polar surface area (TPSA) is 49.6 Å². The third-order valence-electron chi connectivity index (χ3n) is 2.22. The highest BCUT2D eigenvalue weighted by atomic mass is 19.1. The number of halogens is 1. The predicted octanol–water partition coefficient (Wildman–Crippen LogP) is 2.27. The molecule has 2 rings (SSSR count). The summed E-state index contributed by atoms with van der Waals surface area (Å²) in [6.07, 6.45) is 1.54. The van der Waals surface area contributed by atoms with E-state index in [9.17, 15) is 4.39 Å². The zero-order valence-electron chi connectivity index (χ0n) is 8.34. The number of rotatable bonds is 2. The van der Waals surface area contributed by atoms with Gasteiger partial charge >= 0.3 is 0 Å². The highest BCUT2D eigenvalue weighted by Gasteiger charge is 2.14. The predicted molar refractivity (Wildman–Crippen MR) is 55.9 cm³/mol. The summed E-state index contributed by atoms with van der Waals surface area (Å²) in [6, 6.07) is 11.4. The second-order valence-corrected chi connectivity index (χ2v) is 3.26. The molecule has 0 aliphatic heterocycles. The van der Waals surface area contributed by atoms with Gasteiger partial charge in [-0.05, 0) is 29.8 Å². The molecule has 0 radical (unpaired) electrons. The van der Waals surface area contributed by atoms with Crippen LogP contribution in [0.3, 0.4) is 0 Å². The van der Waals surface area contributed by atoms with Crippen molar-refractivity contribution < 1.29 is 4.39 Å². The van der Waals surface area contributed by atoms with Gasteiger partial charge in [-0.2, -0.15) is 15.5 Å². The third kappa shape index (κ3) is 2.04. The van der Waals surface area contributed by atoms with Gasteiger partial charge in [0.2, 0.25) is 0 Å². The van der Waals surface area contributed by atoms with Crippen LogP contribution in [0.15, 0.2) is 42.6 Å². The maximum atomic E-state index is 12.7. The lowest BCUT2D eigenvalue weighted by Gasteiger charge is -2.07. The third-order valence-corrected chi connectivity index (χ3v) is 2.22. The Morgan fingerprint density at radius 2 is 1.94 bits per heavy atom. The van der Waals surface area contributed by atoms with Crippen LogP contribution in [0, 0.1) is 17.1 Å². The van der Waals surface area contributed by atoms with Crippen LogP contribution < -0.4 is 0 Å². The number of nitriles is 1. The molecule has 2 aromatic rings. The Bertz CT molecular complexity index is 502. The average Bonchev–Trinajstić information content (AvgIpc) is 2.34. The number of hydrogen-bond donors (Lipinski definition) is 0. The maximum absolute atomic E-state index is 12.7. The first-order valence-corrected chi connectivity index (χ1v) is 4.74. The largest absolute Gasteiger partial charge is 0.207 e. The number of aromatic nitrogens is 2. The molecule has 16 heavy (non-hydrogen) atoms. The molecule has 0 amide bonds. The molecule has 1 unspecified atom stereocenters. The molecule has 0 spiro atoms. The highest BCUT2D eigenvalue weighted by Crippen LogP contribution is 2.21. The van der Waals surface area contributed by atoms with E-state index in [2.05, 4.69) is 16.3 Å². The van der Waals surface area contributed by atoms with Gasteiger partial charge in [-0.3, -0.25) is 0 Å². The zero-order valence-corrected chi connectivity index (χ0v) is 8.34. The van der Waals surface area contributed by atoms with E-state index >= 15 is 0 Å². The molecule has 4 heteroatoms. The van der Waals surface area contributed by atoms with E-state index in [1.165, 1.54) is 12.1 Å². The Morgan fingerprint density at radius 3 is 2.50 bits per heavy atom. The van der Waals surface area contributed by atoms with Crippen molar-refractivity contribution in [3.8, 4) is 6.07 Å². The standard InChI is InChI=1S/C12H8FN3/c13-10-5-3-9(4-6-10)11(8-14)12-2-1-7-15-16-12/h1-7,11H. The van der Waals surface area contributed by atoms with Crippen molar-refractivity contribution in [2.75, 3.05) is 0 Å². The Balaban J connectivity index is 2.38. The van der Waals surface area contributed by atoms with Crippen molar-refractivity contribution in [3.63, 3.8) is 0 Å². The van der Waals surface area contributed by atoms with Crippen molar-refractivity contribution >= 4 is 0 Å². The van der Waals surface area contributed by atoms with Gasteiger partial charge in [-0.15, -0.1) is 0 Å². The Hall–Kier alpha value is -2.28. The number of benzene rings is 1. The summed E-state index contributed by atoms with van der Waals surface area (Å²) in [4.78, 5) is 0. The van der Waals surface area contributed by atoms with E-state index in [0.717, 1.165) is 0 Å². The second-order valence-electron chi connectivity index (χ2n) is 3.26. The molecule has 1 aromatic carbocycles. The quantitative estimate of drug-likeness (QED) is 0.768. The van der Waals surface area contributed by atoms with Crippen LogP contribution in [0.4, 0.5) is 4.39 Å². The number of nitrogens with zero attached hydrogens (tertiary/aromatic N) is 3. The molecule has 0 aliphatic rings. The molecule has 0 fully saturated rings. The molecule has 1 aromatic heterocycles. The first-order valence-electron chi connectivity index (χ1n) is 4.74. The Kier molecular flexibility index (Phi) is 2.88. The van der Waals surface area contributed by atoms with E-state index < -0.39 is 5.92 Å². The minimum Gasteiger partial charge on any atom is -0.207 e. The fraction of sp³-hybridized carbons (Fsp3) is 0.0833. The molecule has 0 saturated heterocycles. The minimum atomic E-state index is -0.505. The molecule has 0 aliphatic carbocycles. The van der Waals surface area contributed by atoms with Crippen molar-refractivity contribution in [2.24, 2.45) is 0 Å². The molecular formula is C12H8FN3. The summed E-state index contributed by atoms with van der Waals surface area (Å²) in [5, 5.41) is 16.7. The van der Waals surface area contributed by atoms with E-state index in [4.69, 9.17) is 5.26 Å². The minimum absolute atomic E-state index is 0.320. The van der Waals surface area contributed by atoms with Crippen molar-refractivity contribution in [2.45, 2.75) is 5.92 Å². The average molecular weight is 213 g/mol. The molecule has 0 saturated carbocycles. The summed E-state index contributed by atoms with van der Waals surface area (Å²) in [5.74, 6) is -0.825. The maximum Gasteiger partial charge on any atom is 0.123 e. The smallest absolute Gasteiger partial charge is 0.123 e. The van der Waals surface area contributed by atoms with Crippen LogP contribution in [-0.2, 0) is 0 Å². The second kappa shape index (κ2) is 4.49. The number of hydrogen-bond acceptors (Lipinski definition) is 3. The first kappa shape index (κ1) is 10.2. The van der Waals surface area contributed by atoms with E-state index in [1.807, 2.05) is 0 Å². The Labute approximate surface area is 92.2 Å².